The lowest BCUT2D eigenvalue weighted by molar-refractivity contribution is -0.132. The minimum atomic E-state index is -0.728. The first-order valence-corrected chi connectivity index (χ1v) is 8.33. The summed E-state index contributed by atoms with van der Waals surface area (Å²) in [7, 11) is 0. The van der Waals surface area contributed by atoms with Crippen molar-refractivity contribution in [3.63, 3.8) is 0 Å². The summed E-state index contributed by atoms with van der Waals surface area (Å²) in [6.07, 6.45) is 8.60. The molecule has 3 aromatic heterocycles. The Morgan fingerprint density at radius 1 is 1.07 bits per heavy atom. The van der Waals surface area contributed by atoms with Crippen LogP contribution in [0.5, 0.6) is 0 Å². The molecule has 0 saturated heterocycles. The molecule has 0 radical (unpaired) electrons. The van der Waals surface area contributed by atoms with Crippen LogP contribution in [0.15, 0.2) is 67.5 Å². The van der Waals surface area contributed by atoms with Crippen molar-refractivity contribution >= 4 is 16.9 Å². The molecule has 0 aliphatic carbocycles. The van der Waals surface area contributed by atoms with Crippen molar-refractivity contribution in [3.8, 4) is 11.1 Å². The van der Waals surface area contributed by atoms with E-state index < -0.39 is 11.9 Å². The Morgan fingerprint density at radius 3 is 2.59 bits per heavy atom. The Balaban J connectivity index is 1.73. The molecule has 134 valence electrons. The first kappa shape index (κ1) is 16.8. The maximum absolute atomic E-state index is 12.3. The van der Waals surface area contributed by atoms with Gasteiger partial charge >= 0.3 is 0 Å². The molecule has 1 atom stereocenters. The summed E-state index contributed by atoms with van der Waals surface area (Å²) in [6, 6.07) is 10.7. The number of benzene rings is 1. The second-order valence-corrected chi connectivity index (χ2v) is 6.03. The topological polar surface area (TPSA) is 106 Å². The first-order valence-electron chi connectivity index (χ1n) is 8.33. The average Bonchev–Trinajstić information content (AvgIpc) is 3.16. The molecule has 3 heterocycles. The van der Waals surface area contributed by atoms with Crippen LogP contribution in [0.4, 0.5) is 0 Å². The molecule has 0 spiro atoms. The molecule has 4 rings (SSSR count). The number of nitrogens with one attached hydrogen (secondary N) is 1. The van der Waals surface area contributed by atoms with Gasteiger partial charge in [-0.3, -0.25) is 10.0 Å². The molecule has 0 bridgehead atoms. The highest BCUT2D eigenvalue weighted by atomic mass is 16.5. The number of hydrogen-bond donors (Lipinski definition) is 2. The minimum absolute atomic E-state index is 0.375. The lowest BCUT2D eigenvalue weighted by Crippen LogP contribution is -2.32. The van der Waals surface area contributed by atoms with E-state index in [0.717, 1.165) is 22.1 Å². The highest BCUT2D eigenvalue weighted by Gasteiger charge is 2.24. The zero-order valence-electron chi connectivity index (χ0n) is 14.2. The average molecular weight is 360 g/mol. The third-order valence-corrected chi connectivity index (χ3v) is 4.31. The molecule has 1 unspecified atom stereocenters. The predicted octanol–water partition coefficient (Wildman–Crippen LogP) is 2.18. The molecule has 0 fully saturated rings. The molecule has 0 aliphatic heterocycles. The second-order valence-electron chi connectivity index (χ2n) is 6.03. The van der Waals surface area contributed by atoms with Gasteiger partial charge in [-0.05, 0) is 11.6 Å². The SMILES string of the molecule is O=C(NO)C(Cc1ccccc1)n1ncc2cc(-c3cncnc3)cnc21. The van der Waals surface area contributed by atoms with Crippen LogP contribution in [0.2, 0.25) is 0 Å². The monoisotopic (exact) mass is 360 g/mol. The predicted molar refractivity (Wildman–Crippen MR) is 97.7 cm³/mol. The van der Waals surface area contributed by atoms with Crippen LogP contribution < -0.4 is 5.48 Å². The van der Waals surface area contributed by atoms with Gasteiger partial charge in [-0.15, -0.1) is 0 Å². The van der Waals surface area contributed by atoms with Gasteiger partial charge in [0.15, 0.2) is 5.65 Å². The van der Waals surface area contributed by atoms with Gasteiger partial charge in [-0.1, -0.05) is 30.3 Å². The fraction of sp³-hybridized carbons (Fsp3) is 0.105. The van der Waals surface area contributed by atoms with E-state index in [1.54, 1.807) is 30.3 Å². The number of hydroxylamine groups is 1. The van der Waals surface area contributed by atoms with Crippen molar-refractivity contribution in [2.75, 3.05) is 0 Å². The summed E-state index contributed by atoms with van der Waals surface area (Å²) >= 11 is 0. The molecule has 1 amide bonds. The van der Waals surface area contributed by atoms with Crippen molar-refractivity contribution in [1.82, 2.24) is 30.2 Å². The third kappa shape index (κ3) is 3.38. The first-order chi connectivity index (χ1) is 13.3. The van der Waals surface area contributed by atoms with Gasteiger partial charge in [-0.2, -0.15) is 5.10 Å². The Morgan fingerprint density at radius 2 is 1.85 bits per heavy atom. The minimum Gasteiger partial charge on any atom is -0.289 e. The normalized spacial score (nSPS) is 12.0. The summed E-state index contributed by atoms with van der Waals surface area (Å²) in [5, 5.41) is 14.3. The van der Waals surface area contributed by atoms with Gasteiger partial charge in [0, 0.05) is 41.5 Å². The van der Waals surface area contributed by atoms with Crippen LogP contribution in [0, 0.1) is 0 Å². The fourth-order valence-corrected chi connectivity index (χ4v) is 2.98. The number of nitrogens with zero attached hydrogens (tertiary/aromatic N) is 5. The number of amides is 1. The summed E-state index contributed by atoms with van der Waals surface area (Å²) in [4.78, 5) is 24.8. The quantitative estimate of drug-likeness (QED) is 0.417. The third-order valence-electron chi connectivity index (χ3n) is 4.31. The molecule has 4 aromatic rings. The van der Waals surface area contributed by atoms with E-state index in [9.17, 15) is 10.0 Å². The molecule has 0 aliphatic rings. The second kappa shape index (κ2) is 7.30. The highest BCUT2D eigenvalue weighted by molar-refractivity contribution is 5.84. The van der Waals surface area contributed by atoms with E-state index in [-0.39, 0.29) is 0 Å². The van der Waals surface area contributed by atoms with Crippen molar-refractivity contribution < 1.29 is 10.0 Å². The van der Waals surface area contributed by atoms with E-state index in [0.29, 0.717) is 12.1 Å². The number of carbonyl (C=O) groups excluding carboxylic acids is 1. The number of hydrogen-bond acceptors (Lipinski definition) is 6. The smallest absolute Gasteiger partial charge is 0.268 e. The summed E-state index contributed by atoms with van der Waals surface area (Å²) in [5.41, 5.74) is 4.94. The number of rotatable bonds is 5. The van der Waals surface area contributed by atoms with E-state index in [4.69, 9.17) is 0 Å². The summed E-state index contributed by atoms with van der Waals surface area (Å²) in [5.74, 6) is -0.550. The van der Waals surface area contributed by atoms with Crippen LogP contribution in [0.1, 0.15) is 11.6 Å². The molecule has 8 nitrogen and oxygen atoms in total. The lowest BCUT2D eigenvalue weighted by Gasteiger charge is -2.16. The van der Waals surface area contributed by atoms with Crippen LogP contribution >= 0.6 is 0 Å². The van der Waals surface area contributed by atoms with Gasteiger partial charge in [0.2, 0.25) is 0 Å². The lowest BCUT2D eigenvalue weighted by atomic mass is 10.1. The van der Waals surface area contributed by atoms with Crippen LogP contribution in [-0.4, -0.2) is 35.8 Å². The number of fused-ring (bicyclic) bond motifs is 1. The molecular weight excluding hydrogens is 344 g/mol. The zero-order chi connectivity index (χ0) is 18.6. The molecule has 2 N–H and O–H groups in total. The molecule has 1 aromatic carbocycles. The Bertz CT molecular complexity index is 1070. The standard InChI is InChI=1S/C19H16N6O2/c26-19(24-27)17(6-13-4-2-1-3-5-13)25-18-15(11-23-25)7-14(10-22-18)16-8-20-12-21-9-16/h1-5,7-12,17,27H,6H2,(H,24,26). The number of pyridine rings is 1. The maximum atomic E-state index is 12.3. The zero-order valence-corrected chi connectivity index (χ0v) is 14.2. The maximum Gasteiger partial charge on any atom is 0.268 e. The van der Waals surface area contributed by atoms with Crippen LogP contribution in [-0.2, 0) is 11.2 Å². The van der Waals surface area contributed by atoms with E-state index in [1.807, 2.05) is 36.4 Å². The molecule has 27 heavy (non-hydrogen) atoms. The van der Waals surface area contributed by atoms with Crippen molar-refractivity contribution in [3.05, 3.63) is 73.1 Å². The fourth-order valence-electron chi connectivity index (χ4n) is 2.98. The number of aromatic nitrogens is 5. The largest absolute Gasteiger partial charge is 0.289 e. The van der Waals surface area contributed by atoms with E-state index >= 15 is 0 Å². The summed E-state index contributed by atoms with van der Waals surface area (Å²) in [6.45, 7) is 0. The summed E-state index contributed by atoms with van der Waals surface area (Å²) < 4.78 is 1.53. The Labute approximate surface area is 154 Å². The Kier molecular flexibility index (Phi) is 4.54. The van der Waals surface area contributed by atoms with Gasteiger partial charge in [-0.25, -0.2) is 25.1 Å². The van der Waals surface area contributed by atoms with Gasteiger partial charge < -0.3 is 0 Å². The Hall–Kier alpha value is -3.65. The van der Waals surface area contributed by atoms with Gasteiger partial charge in [0.25, 0.3) is 5.91 Å². The highest BCUT2D eigenvalue weighted by Crippen LogP contribution is 2.24. The van der Waals surface area contributed by atoms with Gasteiger partial charge in [0.05, 0.1) is 6.20 Å². The van der Waals surface area contributed by atoms with E-state index in [1.165, 1.54) is 11.0 Å². The van der Waals surface area contributed by atoms with Crippen LogP contribution in [0.25, 0.3) is 22.2 Å². The van der Waals surface area contributed by atoms with Crippen molar-refractivity contribution in [1.29, 1.82) is 0 Å². The van der Waals surface area contributed by atoms with Crippen molar-refractivity contribution in [2.45, 2.75) is 12.5 Å². The number of carbonyl (C=O) groups is 1. The molecule has 0 saturated carbocycles. The van der Waals surface area contributed by atoms with E-state index in [2.05, 4.69) is 20.1 Å². The van der Waals surface area contributed by atoms with Gasteiger partial charge in [0.1, 0.15) is 12.4 Å². The van der Waals surface area contributed by atoms with Crippen molar-refractivity contribution in [2.24, 2.45) is 0 Å². The molecular formula is C19H16N6O2. The molecule has 8 heteroatoms. The van der Waals surface area contributed by atoms with Crippen LogP contribution in [0.3, 0.4) is 0 Å².